The van der Waals surface area contributed by atoms with E-state index in [1.54, 1.807) is 15.9 Å². The summed E-state index contributed by atoms with van der Waals surface area (Å²) in [7, 11) is 0. The van der Waals surface area contributed by atoms with Gasteiger partial charge in [-0.05, 0) is 17.7 Å². The lowest BCUT2D eigenvalue weighted by Gasteiger charge is -2.20. The Hall–Kier alpha value is -5.27. The molecule has 0 aliphatic carbocycles. The van der Waals surface area contributed by atoms with Gasteiger partial charge in [0.25, 0.3) is 11.8 Å². The van der Waals surface area contributed by atoms with E-state index in [-0.39, 0.29) is 53.2 Å². The van der Waals surface area contributed by atoms with Gasteiger partial charge in [0.1, 0.15) is 18.0 Å². The van der Waals surface area contributed by atoms with E-state index in [0.717, 1.165) is 17.0 Å². The van der Waals surface area contributed by atoms with Gasteiger partial charge >= 0.3 is 6.09 Å². The quantitative estimate of drug-likeness (QED) is 0.234. The molecular weight excluding hydrogens is 640 g/mol. The van der Waals surface area contributed by atoms with Crippen LogP contribution in [0.3, 0.4) is 0 Å². The average Bonchev–Trinajstić information content (AvgIpc) is 3.51. The second-order valence-electron chi connectivity index (χ2n) is 14.5. The maximum absolute atomic E-state index is 13.1. The number of hydrogen-bond acceptors (Lipinski definition) is 7. The lowest BCUT2D eigenvalue weighted by molar-refractivity contribution is -0.121. The van der Waals surface area contributed by atoms with E-state index < -0.39 is 6.09 Å². The fourth-order valence-corrected chi connectivity index (χ4v) is 5.30. The van der Waals surface area contributed by atoms with Crippen LogP contribution in [-0.4, -0.2) is 88.8 Å². The highest BCUT2D eigenvalue weighted by molar-refractivity contribution is 6.02. The van der Waals surface area contributed by atoms with Gasteiger partial charge in [-0.2, -0.15) is 0 Å². The van der Waals surface area contributed by atoms with Crippen molar-refractivity contribution in [1.82, 2.24) is 30.4 Å². The first-order valence-corrected chi connectivity index (χ1v) is 16.8. The zero-order valence-corrected chi connectivity index (χ0v) is 29.8. The SMILES string of the molecule is CC(C)(C)c1cc(N)c(C(=O)N2CCNC(=O)CC2)[nH]1.CC(C)(C)c1cc(NC(=O)OCc2ccccc2)c(C(=O)N2CCNC(=O)CC2)[nH]1. The predicted octanol–water partition coefficient (Wildman–Crippen LogP) is 3.88. The lowest BCUT2D eigenvalue weighted by atomic mass is 9.92. The molecule has 2 aliphatic rings. The van der Waals surface area contributed by atoms with Crippen molar-refractivity contribution in [3.05, 3.63) is 70.8 Å². The number of H-pyrrole nitrogens is 2. The Kier molecular flexibility index (Phi) is 12.0. The van der Waals surface area contributed by atoms with E-state index in [1.165, 1.54) is 0 Å². The van der Waals surface area contributed by atoms with Crippen molar-refractivity contribution in [3.63, 3.8) is 0 Å². The van der Waals surface area contributed by atoms with Crippen LogP contribution >= 0.6 is 0 Å². The lowest BCUT2D eigenvalue weighted by Crippen LogP contribution is -2.35. The van der Waals surface area contributed by atoms with Gasteiger partial charge in [-0.3, -0.25) is 24.5 Å². The van der Waals surface area contributed by atoms with Crippen LogP contribution in [-0.2, 0) is 31.8 Å². The molecule has 0 unspecified atom stereocenters. The minimum absolute atomic E-state index is 0.0184. The van der Waals surface area contributed by atoms with Crippen LogP contribution in [0.1, 0.15) is 92.3 Å². The summed E-state index contributed by atoms with van der Waals surface area (Å²) in [4.78, 5) is 70.5. The van der Waals surface area contributed by atoms with Crippen molar-refractivity contribution in [1.29, 1.82) is 0 Å². The van der Waals surface area contributed by atoms with E-state index in [4.69, 9.17) is 10.5 Å². The van der Waals surface area contributed by atoms with E-state index >= 15 is 0 Å². The topological polar surface area (TPSA) is 195 Å². The van der Waals surface area contributed by atoms with E-state index in [0.29, 0.717) is 62.8 Å². The molecule has 1 aromatic carbocycles. The van der Waals surface area contributed by atoms with Gasteiger partial charge in [-0.25, -0.2) is 4.79 Å². The molecule has 0 atom stereocenters. The summed E-state index contributed by atoms with van der Waals surface area (Å²) >= 11 is 0. The highest BCUT2D eigenvalue weighted by Gasteiger charge is 2.28. The van der Waals surface area contributed by atoms with Gasteiger partial charge in [0.15, 0.2) is 0 Å². The Morgan fingerprint density at radius 2 is 1.26 bits per heavy atom. The summed E-state index contributed by atoms with van der Waals surface area (Å²) in [5.74, 6) is -0.500. The molecule has 14 nitrogen and oxygen atoms in total. The molecule has 2 saturated heterocycles. The van der Waals surface area contributed by atoms with Gasteiger partial charge < -0.3 is 40.9 Å². The van der Waals surface area contributed by atoms with Crippen molar-refractivity contribution in [3.8, 4) is 0 Å². The molecular formula is C36H50N8O6. The molecule has 3 aromatic rings. The van der Waals surface area contributed by atoms with Crippen LogP contribution in [0.25, 0.3) is 0 Å². The fraction of sp³-hybridized carbons (Fsp3) is 0.472. The summed E-state index contributed by atoms with van der Waals surface area (Å²) in [5.41, 5.74) is 9.75. The summed E-state index contributed by atoms with van der Waals surface area (Å²) < 4.78 is 5.30. The monoisotopic (exact) mass is 690 g/mol. The first-order chi connectivity index (χ1) is 23.5. The Morgan fingerprint density at radius 3 is 1.78 bits per heavy atom. The number of ether oxygens (including phenoxy) is 1. The average molecular weight is 691 g/mol. The number of rotatable bonds is 5. The minimum atomic E-state index is -0.639. The summed E-state index contributed by atoms with van der Waals surface area (Å²) in [6.07, 6.45) is -0.0565. The third-order valence-electron chi connectivity index (χ3n) is 8.36. The second-order valence-corrected chi connectivity index (χ2v) is 14.5. The molecule has 270 valence electrons. The summed E-state index contributed by atoms with van der Waals surface area (Å²) in [6.45, 7) is 14.9. The molecule has 5 amide bonds. The minimum Gasteiger partial charge on any atom is -0.444 e. The van der Waals surface area contributed by atoms with Crippen LogP contribution in [0.4, 0.5) is 16.2 Å². The number of nitrogens with two attached hydrogens (primary N) is 1. The first-order valence-electron chi connectivity index (χ1n) is 16.8. The largest absolute Gasteiger partial charge is 0.444 e. The van der Waals surface area contributed by atoms with Crippen molar-refractivity contribution < 1.29 is 28.7 Å². The third kappa shape index (κ3) is 10.1. The Balaban J connectivity index is 0.000000244. The zero-order valence-electron chi connectivity index (χ0n) is 29.8. The normalized spacial score (nSPS) is 15.5. The van der Waals surface area contributed by atoms with E-state index in [9.17, 15) is 24.0 Å². The number of carbonyl (C=O) groups is 5. The molecule has 0 saturated carbocycles. The first kappa shape index (κ1) is 37.5. The predicted molar refractivity (Wildman–Crippen MR) is 191 cm³/mol. The summed E-state index contributed by atoms with van der Waals surface area (Å²) in [5, 5.41) is 8.20. The smallest absolute Gasteiger partial charge is 0.412 e. The molecule has 0 spiro atoms. The standard InChI is InChI=1S/C22H28N4O4.C14H22N4O2/c1-22(2,3)17-13-16(24-21(29)30-14-15-7-5-4-6-8-15)19(25-17)20(28)26-11-9-18(27)23-10-12-26;1-14(2,3)10-8-9(15)12(17-10)13(20)18-6-4-11(19)16-5-7-18/h4-8,13,25H,9-12,14H2,1-3H3,(H,23,27)(H,24,29);8,17H,4-7,15H2,1-3H3,(H,16,19). The number of aromatic nitrogens is 2. The van der Waals surface area contributed by atoms with Crippen molar-refractivity contribution in [2.75, 3.05) is 50.3 Å². The van der Waals surface area contributed by atoms with Crippen LogP contribution in [0.5, 0.6) is 0 Å². The number of amides is 5. The molecule has 7 N–H and O–H groups in total. The molecule has 2 aromatic heterocycles. The van der Waals surface area contributed by atoms with Crippen LogP contribution in [0.2, 0.25) is 0 Å². The Labute approximate surface area is 292 Å². The van der Waals surface area contributed by atoms with Crippen molar-refractivity contribution in [2.24, 2.45) is 0 Å². The number of nitrogens with one attached hydrogen (secondary N) is 5. The van der Waals surface area contributed by atoms with Crippen molar-refractivity contribution >= 4 is 41.1 Å². The summed E-state index contributed by atoms with van der Waals surface area (Å²) in [6, 6.07) is 12.9. The van der Waals surface area contributed by atoms with E-state index in [1.807, 2.05) is 57.2 Å². The number of nitrogens with zero attached hydrogens (tertiary/aromatic N) is 2. The van der Waals surface area contributed by atoms with Gasteiger partial charge in [0.05, 0.1) is 11.4 Å². The van der Waals surface area contributed by atoms with Crippen LogP contribution in [0, 0.1) is 0 Å². The van der Waals surface area contributed by atoms with Gasteiger partial charge in [-0.1, -0.05) is 71.9 Å². The second kappa shape index (κ2) is 16.0. The number of anilines is 2. The number of aromatic amines is 2. The molecule has 2 fully saturated rings. The highest BCUT2D eigenvalue weighted by Crippen LogP contribution is 2.29. The number of carbonyl (C=O) groups excluding carboxylic acids is 5. The van der Waals surface area contributed by atoms with Crippen molar-refractivity contribution in [2.45, 2.75) is 71.8 Å². The maximum atomic E-state index is 13.1. The number of hydrogen-bond donors (Lipinski definition) is 6. The molecule has 0 radical (unpaired) electrons. The maximum Gasteiger partial charge on any atom is 0.412 e. The zero-order chi connectivity index (χ0) is 36.6. The van der Waals surface area contributed by atoms with Gasteiger partial charge in [-0.15, -0.1) is 0 Å². The molecule has 0 bridgehead atoms. The van der Waals surface area contributed by atoms with Gasteiger partial charge in [0.2, 0.25) is 11.8 Å². The van der Waals surface area contributed by atoms with Crippen LogP contribution < -0.4 is 21.7 Å². The fourth-order valence-electron chi connectivity index (χ4n) is 5.30. The molecule has 5 rings (SSSR count). The van der Waals surface area contributed by atoms with Gasteiger partial charge in [0, 0.05) is 74.3 Å². The Morgan fingerprint density at radius 1 is 0.760 bits per heavy atom. The van der Waals surface area contributed by atoms with Crippen LogP contribution in [0.15, 0.2) is 42.5 Å². The number of benzene rings is 1. The molecule has 2 aliphatic heterocycles. The molecule has 50 heavy (non-hydrogen) atoms. The Bertz CT molecular complexity index is 1680. The number of nitrogen functional groups attached to an aromatic ring is 1. The molecule has 4 heterocycles. The highest BCUT2D eigenvalue weighted by atomic mass is 16.5. The third-order valence-corrected chi connectivity index (χ3v) is 8.36. The molecule has 14 heteroatoms. The van der Waals surface area contributed by atoms with E-state index in [2.05, 4.69) is 46.7 Å².